The van der Waals surface area contributed by atoms with Gasteiger partial charge in [-0.15, -0.1) is 0 Å². The largest absolute Gasteiger partial charge is 0.462 e. The van der Waals surface area contributed by atoms with Crippen molar-refractivity contribution in [3.8, 4) is 0 Å². The lowest BCUT2D eigenvalue weighted by atomic mass is 10.1. The van der Waals surface area contributed by atoms with Crippen molar-refractivity contribution in [3.05, 3.63) is 34.8 Å². The van der Waals surface area contributed by atoms with Gasteiger partial charge in [0.05, 0.1) is 11.3 Å². The van der Waals surface area contributed by atoms with Crippen LogP contribution in [0.15, 0.2) is 22.8 Å². The molecule has 1 aromatic carbocycles. The fraction of sp³-hybridized carbons (Fsp3) is 0.333. The maximum atomic E-state index is 13.2. The Morgan fingerprint density at radius 1 is 1.44 bits per heavy atom. The molecule has 0 aliphatic heterocycles. The van der Waals surface area contributed by atoms with Crippen molar-refractivity contribution in [2.75, 3.05) is 13.1 Å². The van der Waals surface area contributed by atoms with Crippen LogP contribution in [0.3, 0.4) is 0 Å². The number of furan rings is 1. The highest BCUT2D eigenvalue weighted by Crippen LogP contribution is 2.29. The first-order valence-corrected chi connectivity index (χ1v) is 5.66. The topological polar surface area (TPSA) is 25.2 Å². The van der Waals surface area contributed by atoms with Crippen molar-refractivity contribution in [3.63, 3.8) is 0 Å². The molecule has 16 heavy (non-hydrogen) atoms. The highest BCUT2D eigenvalue weighted by Gasteiger charge is 2.10. The first kappa shape index (κ1) is 11.4. The summed E-state index contributed by atoms with van der Waals surface area (Å²) in [7, 11) is 0. The van der Waals surface area contributed by atoms with Gasteiger partial charge in [0, 0.05) is 5.39 Å². The highest BCUT2D eigenvalue weighted by molar-refractivity contribution is 6.34. The lowest BCUT2D eigenvalue weighted by Gasteiger charge is -2.00. The molecule has 2 aromatic rings. The molecule has 0 atom stereocenters. The van der Waals surface area contributed by atoms with Crippen LogP contribution in [0.1, 0.15) is 12.5 Å². The molecular formula is C12H13ClFNO. The Labute approximate surface area is 98.4 Å². The smallest absolute Gasteiger partial charge is 0.152 e. The first-order chi connectivity index (χ1) is 7.72. The van der Waals surface area contributed by atoms with Crippen LogP contribution in [0.25, 0.3) is 11.0 Å². The van der Waals surface area contributed by atoms with E-state index in [1.807, 2.05) is 6.92 Å². The van der Waals surface area contributed by atoms with Crippen molar-refractivity contribution in [1.82, 2.24) is 5.32 Å². The van der Waals surface area contributed by atoms with Crippen molar-refractivity contribution < 1.29 is 8.81 Å². The van der Waals surface area contributed by atoms with Gasteiger partial charge in [0.15, 0.2) is 5.58 Å². The van der Waals surface area contributed by atoms with Gasteiger partial charge < -0.3 is 9.73 Å². The average molecular weight is 242 g/mol. The molecular weight excluding hydrogens is 229 g/mol. The molecule has 0 amide bonds. The number of hydrogen-bond acceptors (Lipinski definition) is 2. The summed E-state index contributed by atoms with van der Waals surface area (Å²) in [6.07, 6.45) is 2.45. The molecule has 2 rings (SSSR count). The quantitative estimate of drug-likeness (QED) is 0.831. The molecule has 1 heterocycles. The summed E-state index contributed by atoms with van der Waals surface area (Å²) in [5.41, 5.74) is 1.55. The number of hydrogen-bond donors (Lipinski definition) is 1. The molecule has 86 valence electrons. The maximum absolute atomic E-state index is 13.2. The molecule has 1 aromatic heterocycles. The Bertz CT molecular complexity index is 495. The minimum Gasteiger partial charge on any atom is -0.462 e. The molecule has 4 heteroatoms. The van der Waals surface area contributed by atoms with Gasteiger partial charge >= 0.3 is 0 Å². The third kappa shape index (κ3) is 2.20. The molecule has 0 aliphatic rings. The number of benzene rings is 1. The predicted octanol–water partition coefficient (Wildman–Crippen LogP) is 3.38. The van der Waals surface area contributed by atoms with E-state index in [0.717, 1.165) is 30.5 Å². The summed E-state index contributed by atoms with van der Waals surface area (Å²) in [5, 5.41) is 4.30. The third-order valence-electron chi connectivity index (χ3n) is 2.49. The Kier molecular flexibility index (Phi) is 3.46. The van der Waals surface area contributed by atoms with Gasteiger partial charge in [0.25, 0.3) is 0 Å². The van der Waals surface area contributed by atoms with E-state index < -0.39 is 0 Å². The van der Waals surface area contributed by atoms with Gasteiger partial charge in [0.2, 0.25) is 0 Å². The fourth-order valence-corrected chi connectivity index (χ4v) is 1.96. The fourth-order valence-electron chi connectivity index (χ4n) is 1.71. The molecule has 0 saturated heterocycles. The second-order valence-electron chi connectivity index (χ2n) is 3.63. The number of halogens is 2. The molecule has 0 bridgehead atoms. The maximum Gasteiger partial charge on any atom is 0.152 e. The molecule has 0 aliphatic carbocycles. The summed E-state index contributed by atoms with van der Waals surface area (Å²) >= 11 is 5.89. The monoisotopic (exact) mass is 241 g/mol. The first-order valence-electron chi connectivity index (χ1n) is 5.28. The van der Waals surface area contributed by atoms with Crippen LogP contribution in [0.2, 0.25) is 5.02 Å². The molecule has 0 unspecified atom stereocenters. The zero-order valence-corrected chi connectivity index (χ0v) is 9.77. The molecule has 0 spiro atoms. The van der Waals surface area contributed by atoms with E-state index in [9.17, 15) is 4.39 Å². The Balaban J connectivity index is 2.32. The molecule has 0 saturated carbocycles. The summed E-state index contributed by atoms with van der Waals surface area (Å²) in [6.45, 7) is 3.81. The number of nitrogens with one attached hydrogen (secondary N) is 1. The van der Waals surface area contributed by atoms with Gasteiger partial charge in [-0.25, -0.2) is 4.39 Å². The van der Waals surface area contributed by atoms with E-state index in [-0.39, 0.29) is 5.82 Å². The lowest BCUT2D eigenvalue weighted by Crippen LogP contribution is -2.15. The lowest BCUT2D eigenvalue weighted by molar-refractivity contribution is 0.604. The average Bonchev–Trinajstić information content (AvgIpc) is 2.62. The van der Waals surface area contributed by atoms with Crippen LogP contribution in [0.5, 0.6) is 0 Å². The van der Waals surface area contributed by atoms with E-state index in [0.29, 0.717) is 10.6 Å². The van der Waals surface area contributed by atoms with E-state index in [4.69, 9.17) is 16.0 Å². The number of likely N-dealkylation sites (N-methyl/N-ethyl adjacent to an activating group) is 1. The van der Waals surface area contributed by atoms with Crippen LogP contribution in [-0.2, 0) is 6.42 Å². The number of rotatable bonds is 4. The zero-order chi connectivity index (χ0) is 11.5. The molecule has 0 fully saturated rings. The third-order valence-corrected chi connectivity index (χ3v) is 2.78. The van der Waals surface area contributed by atoms with Crippen molar-refractivity contribution in [1.29, 1.82) is 0 Å². The van der Waals surface area contributed by atoms with Crippen molar-refractivity contribution in [2.24, 2.45) is 0 Å². The second-order valence-corrected chi connectivity index (χ2v) is 4.04. The standard InChI is InChI=1S/C12H13ClFNO/c1-2-15-4-3-8-7-16-12-10(8)5-9(14)6-11(12)13/h5-7,15H,2-4H2,1H3. The summed E-state index contributed by atoms with van der Waals surface area (Å²) in [6, 6.07) is 2.73. The Morgan fingerprint density at radius 3 is 3.00 bits per heavy atom. The van der Waals surface area contributed by atoms with E-state index in [1.54, 1.807) is 6.26 Å². The summed E-state index contributed by atoms with van der Waals surface area (Å²) < 4.78 is 18.5. The predicted molar refractivity (Wildman–Crippen MR) is 63.4 cm³/mol. The van der Waals surface area contributed by atoms with Gasteiger partial charge in [-0.3, -0.25) is 0 Å². The molecule has 1 N–H and O–H groups in total. The molecule has 2 nitrogen and oxygen atoms in total. The summed E-state index contributed by atoms with van der Waals surface area (Å²) in [5.74, 6) is -0.330. The van der Waals surface area contributed by atoms with Crippen molar-refractivity contribution in [2.45, 2.75) is 13.3 Å². The van der Waals surface area contributed by atoms with Crippen LogP contribution < -0.4 is 5.32 Å². The van der Waals surface area contributed by atoms with Crippen LogP contribution in [-0.4, -0.2) is 13.1 Å². The minimum atomic E-state index is -0.330. The van der Waals surface area contributed by atoms with Gasteiger partial charge in [-0.05, 0) is 37.2 Å². The normalized spacial score (nSPS) is 11.2. The summed E-state index contributed by atoms with van der Waals surface area (Å²) in [4.78, 5) is 0. The van der Waals surface area contributed by atoms with Gasteiger partial charge in [-0.1, -0.05) is 18.5 Å². The Morgan fingerprint density at radius 2 is 2.25 bits per heavy atom. The molecule has 0 radical (unpaired) electrons. The van der Waals surface area contributed by atoms with Crippen LogP contribution in [0.4, 0.5) is 4.39 Å². The van der Waals surface area contributed by atoms with E-state index >= 15 is 0 Å². The number of fused-ring (bicyclic) bond motifs is 1. The zero-order valence-electron chi connectivity index (χ0n) is 9.02. The van der Waals surface area contributed by atoms with E-state index in [2.05, 4.69) is 5.32 Å². The van der Waals surface area contributed by atoms with Crippen LogP contribution >= 0.6 is 11.6 Å². The highest BCUT2D eigenvalue weighted by atomic mass is 35.5. The van der Waals surface area contributed by atoms with Gasteiger partial charge in [-0.2, -0.15) is 0 Å². The van der Waals surface area contributed by atoms with Crippen LogP contribution in [0, 0.1) is 5.82 Å². The SMILES string of the molecule is CCNCCc1coc2c(Cl)cc(F)cc12. The van der Waals surface area contributed by atoms with Crippen molar-refractivity contribution >= 4 is 22.6 Å². The van der Waals surface area contributed by atoms with E-state index in [1.165, 1.54) is 12.1 Å². The minimum absolute atomic E-state index is 0.324. The Hall–Kier alpha value is -1.06. The van der Waals surface area contributed by atoms with Gasteiger partial charge in [0.1, 0.15) is 5.82 Å². The second kappa shape index (κ2) is 4.85.